The summed E-state index contributed by atoms with van der Waals surface area (Å²) in [5, 5.41) is 8.31. The molecule has 1 heterocycles. The number of hydrogen-bond donors (Lipinski definition) is 3. The predicted octanol–water partition coefficient (Wildman–Crippen LogP) is 2.69. The molecule has 0 saturated carbocycles. The molecule has 1 aromatic carbocycles. The van der Waals surface area contributed by atoms with Gasteiger partial charge < -0.3 is 10.6 Å². The van der Waals surface area contributed by atoms with Crippen molar-refractivity contribution in [1.29, 1.82) is 0 Å². The molecule has 1 saturated heterocycles. The first-order chi connectivity index (χ1) is 12.0. The number of nitrogens with one attached hydrogen (secondary N) is 3. The van der Waals surface area contributed by atoms with Gasteiger partial charge in [0.1, 0.15) is 0 Å². The molecule has 0 spiro atoms. The summed E-state index contributed by atoms with van der Waals surface area (Å²) in [5.74, 6) is 0.481. The van der Waals surface area contributed by atoms with E-state index >= 15 is 0 Å². The van der Waals surface area contributed by atoms with E-state index in [-0.39, 0.29) is 24.9 Å². The van der Waals surface area contributed by atoms with Gasteiger partial charge in [0.05, 0.1) is 6.54 Å². The van der Waals surface area contributed by atoms with Crippen LogP contribution in [0.5, 0.6) is 0 Å². The first-order valence-electron chi connectivity index (χ1n) is 9.03. The van der Waals surface area contributed by atoms with Crippen molar-refractivity contribution in [3.63, 3.8) is 0 Å². The molecule has 0 unspecified atom stereocenters. The summed E-state index contributed by atoms with van der Waals surface area (Å²) in [6, 6.07) is 5.21. The number of carbonyl (C=O) groups is 2. The maximum atomic E-state index is 12.1. The molecule has 0 aromatic heterocycles. The molecule has 26 heavy (non-hydrogen) atoms. The quantitative estimate of drug-likeness (QED) is 0.707. The summed E-state index contributed by atoms with van der Waals surface area (Å²) < 4.78 is 0. The van der Waals surface area contributed by atoms with Gasteiger partial charge in [0.2, 0.25) is 5.91 Å². The Labute approximate surface area is 162 Å². The molecule has 3 amide bonds. The van der Waals surface area contributed by atoms with Gasteiger partial charge in [0.25, 0.3) is 0 Å². The molecule has 1 aromatic rings. The number of anilines is 1. The number of rotatable bonds is 6. The van der Waals surface area contributed by atoms with Gasteiger partial charge in [-0.15, -0.1) is 12.4 Å². The van der Waals surface area contributed by atoms with Crippen LogP contribution in [-0.4, -0.2) is 50.1 Å². The smallest absolute Gasteiger partial charge is 0.320 e. The van der Waals surface area contributed by atoms with Gasteiger partial charge in [0, 0.05) is 5.69 Å². The van der Waals surface area contributed by atoms with Crippen molar-refractivity contribution >= 4 is 30.0 Å². The van der Waals surface area contributed by atoms with E-state index in [4.69, 9.17) is 0 Å². The van der Waals surface area contributed by atoms with Gasteiger partial charge in [-0.3, -0.25) is 15.0 Å². The first-order valence-corrected chi connectivity index (χ1v) is 9.03. The SMILES string of the molecule is CNCCC1CCN(CC(=O)NC(=O)Nc2ccc(C)c(C)c2)CC1.Cl. The predicted molar refractivity (Wildman–Crippen MR) is 108 cm³/mol. The molecule has 0 aliphatic carbocycles. The third-order valence-corrected chi connectivity index (χ3v) is 4.89. The molecule has 0 bridgehead atoms. The van der Waals surface area contributed by atoms with Gasteiger partial charge in [-0.25, -0.2) is 4.79 Å². The van der Waals surface area contributed by atoms with Crippen molar-refractivity contribution in [1.82, 2.24) is 15.5 Å². The molecule has 2 rings (SSSR count). The second-order valence-electron chi connectivity index (χ2n) is 6.91. The molecule has 1 aliphatic heterocycles. The third kappa shape index (κ3) is 7.32. The molecule has 0 radical (unpaired) electrons. The van der Waals surface area contributed by atoms with Crippen LogP contribution in [0.4, 0.5) is 10.5 Å². The zero-order chi connectivity index (χ0) is 18.2. The minimum Gasteiger partial charge on any atom is -0.320 e. The minimum absolute atomic E-state index is 0. The number of hydrogen-bond acceptors (Lipinski definition) is 4. The molecular formula is C19H31ClN4O2. The highest BCUT2D eigenvalue weighted by Crippen LogP contribution is 2.19. The van der Waals surface area contributed by atoms with Crippen LogP contribution in [0.25, 0.3) is 0 Å². The van der Waals surface area contributed by atoms with E-state index in [0.29, 0.717) is 5.69 Å². The second kappa shape index (κ2) is 11.2. The average molecular weight is 383 g/mol. The van der Waals surface area contributed by atoms with Crippen LogP contribution in [0, 0.1) is 19.8 Å². The van der Waals surface area contributed by atoms with E-state index in [9.17, 15) is 9.59 Å². The van der Waals surface area contributed by atoms with E-state index in [0.717, 1.165) is 44.0 Å². The Hall–Kier alpha value is -1.63. The number of nitrogens with zero attached hydrogens (tertiary/aromatic N) is 1. The highest BCUT2D eigenvalue weighted by molar-refractivity contribution is 6.01. The highest BCUT2D eigenvalue weighted by atomic mass is 35.5. The Morgan fingerprint density at radius 2 is 1.85 bits per heavy atom. The van der Waals surface area contributed by atoms with Gasteiger partial charge >= 0.3 is 6.03 Å². The van der Waals surface area contributed by atoms with Crippen molar-refractivity contribution in [3.05, 3.63) is 29.3 Å². The number of aryl methyl sites for hydroxylation is 2. The van der Waals surface area contributed by atoms with Crippen molar-refractivity contribution in [2.75, 3.05) is 38.5 Å². The number of carbonyl (C=O) groups excluding carboxylic acids is 2. The standard InChI is InChI=1S/C19H30N4O2.ClH/c1-14-4-5-17(12-15(14)2)21-19(25)22-18(24)13-23-10-7-16(8-11-23)6-9-20-3;/h4-5,12,16,20H,6-11,13H2,1-3H3,(H2,21,22,24,25);1H. The molecule has 146 valence electrons. The summed E-state index contributed by atoms with van der Waals surface area (Å²) in [7, 11) is 1.97. The summed E-state index contributed by atoms with van der Waals surface area (Å²) in [6.07, 6.45) is 3.42. The molecule has 1 aliphatic rings. The largest absolute Gasteiger partial charge is 0.325 e. The topological polar surface area (TPSA) is 73.5 Å². The maximum absolute atomic E-state index is 12.1. The third-order valence-electron chi connectivity index (χ3n) is 4.89. The Morgan fingerprint density at radius 1 is 1.15 bits per heavy atom. The Bertz CT molecular complexity index is 601. The zero-order valence-electron chi connectivity index (χ0n) is 15.9. The lowest BCUT2D eigenvalue weighted by Gasteiger charge is -2.31. The monoisotopic (exact) mass is 382 g/mol. The zero-order valence-corrected chi connectivity index (χ0v) is 16.7. The van der Waals surface area contributed by atoms with E-state index in [1.165, 1.54) is 12.0 Å². The maximum Gasteiger partial charge on any atom is 0.325 e. The number of benzene rings is 1. The average Bonchev–Trinajstić information content (AvgIpc) is 2.57. The molecule has 7 heteroatoms. The van der Waals surface area contributed by atoms with E-state index < -0.39 is 6.03 Å². The van der Waals surface area contributed by atoms with Gasteiger partial charge in [-0.05, 0) is 89.0 Å². The molecule has 0 atom stereocenters. The van der Waals surface area contributed by atoms with E-state index in [1.807, 2.05) is 39.1 Å². The van der Waals surface area contributed by atoms with Crippen LogP contribution in [-0.2, 0) is 4.79 Å². The normalized spacial score (nSPS) is 15.2. The highest BCUT2D eigenvalue weighted by Gasteiger charge is 2.21. The molecule has 3 N–H and O–H groups in total. The Kier molecular flexibility index (Phi) is 9.62. The van der Waals surface area contributed by atoms with Crippen molar-refractivity contribution in [2.24, 2.45) is 5.92 Å². The second-order valence-corrected chi connectivity index (χ2v) is 6.91. The fraction of sp³-hybridized carbons (Fsp3) is 0.579. The first kappa shape index (κ1) is 22.4. The van der Waals surface area contributed by atoms with Crippen LogP contribution in [0.1, 0.15) is 30.4 Å². The Morgan fingerprint density at radius 3 is 2.46 bits per heavy atom. The van der Waals surface area contributed by atoms with Crippen LogP contribution >= 0.6 is 12.4 Å². The minimum atomic E-state index is -0.475. The summed E-state index contributed by atoms with van der Waals surface area (Å²) in [4.78, 5) is 26.1. The fourth-order valence-corrected chi connectivity index (χ4v) is 3.13. The number of urea groups is 1. The number of halogens is 1. The van der Waals surface area contributed by atoms with Gasteiger partial charge in [-0.2, -0.15) is 0 Å². The van der Waals surface area contributed by atoms with Crippen molar-refractivity contribution in [3.8, 4) is 0 Å². The number of piperidine rings is 1. The lowest BCUT2D eigenvalue weighted by molar-refractivity contribution is -0.121. The molecule has 1 fully saturated rings. The fourth-order valence-electron chi connectivity index (χ4n) is 3.13. The van der Waals surface area contributed by atoms with E-state index in [1.54, 1.807) is 0 Å². The van der Waals surface area contributed by atoms with Crippen LogP contribution in [0.3, 0.4) is 0 Å². The van der Waals surface area contributed by atoms with Gasteiger partial charge in [0.15, 0.2) is 0 Å². The van der Waals surface area contributed by atoms with Crippen LogP contribution in [0.15, 0.2) is 18.2 Å². The molecular weight excluding hydrogens is 352 g/mol. The lowest BCUT2D eigenvalue weighted by atomic mass is 9.93. The summed E-state index contributed by atoms with van der Waals surface area (Å²) >= 11 is 0. The number of imide groups is 1. The van der Waals surface area contributed by atoms with Crippen LogP contribution < -0.4 is 16.0 Å². The van der Waals surface area contributed by atoms with E-state index in [2.05, 4.69) is 20.9 Å². The van der Waals surface area contributed by atoms with Crippen LogP contribution in [0.2, 0.25) is 0 Å². The molecule has 6 nitrogen and oxygen atoms in total. The van der Waals surface area contributed by atoms with Crippen molar-refractivity contribution < 1.29 is 9.59 Å². The Balaban J connectivity index is 0.00000338. The van der Waals surface area contributed by atoms with Crippen molar-refractivity contribution in [2.45, 2.75) is 33.1 Å². The lowest BCUT2D eigenvalue weighted by Crippen LogP contribution is -2.44. The number of amides is 3. The summed E-state index contributed by atoms with van der Waals surface area (Å²) in [5.41, 5.74) is 2.96. The summed E-state index contributed by atoms with van der Waals surface area (Å²) in [6.45, 7) is 7.17. The number of likely N-dealkylation sites (tertiary alicyclic amines) is 1. The van der Waals surface area contributed by atoms with Gasteiger partial charge in [-0.1, -0.05) is 6.07 Å².